The Morgan fingerprint density at radius 2 is 2.07 bits per heavy atom. The van der Waals surface area contributed by atoms with Crippen LogP contribution in [0.1, 0.15) is 35.9 Å². The number of aryl methyl sites for hydroxylation is 1. The second-order valence-corrected chi connectivity index (χ2v) is 6.82. The summed E-state index contributed by atoms with van der Waals surface area (Å²) in [6.45, 7) is 3.22. The van der Waals surface area contributed by atoms with Crippen LogP contribution in [0.5, 0.6) is 0 Å². The molecule has 1 aliphatic rings. The van der Waals surface area contributed by atoms with Gasteiger partial charge in [0.05, 0.1) is 0 Å². The molecule has 1 saturated heterocycles. The Labute approximate surface area is 158 Å². The largest absolute Gasteiger partial charge is 0.337 e. The monoisotopic (exact) mass is 362 g/mol. The van der Waals surface area contributed by atoms with Crippen molar-refractivity contribution in [2.75, 3.05) is 6.54 Å². The summed E-state index contributed by atoms with van der Waals surface area (Å²) in [5, 5.41) is 7.10. The minimum absolute atomic E-state index is 0.100. The molecule has 0 radical (unpaired) electrons. The Hall–Kier alpha value is -3.15. The Morgan fingerprint density at radius 1 is 1.22 bits per heavy atom. The molecule has 2 aromatic carbocycles. The average molecular weight is 362 g/mol. The third-order valence-corrected chi connectivity index (χ3v) is 4.80. The van der Waals surface area contributed by atoms with Gasteiger partial charge in [0.2, 0.25) is 11.7 Å². The number of carbonyl (C=O) groups excluding carboxylic acids is 1. The van der Waals surface area contributed by atoms with E-state index in [4.69, 9.17) is 4.52 Å². The van der Waals surface area contributed by atoms with E-state index in [9.17, 15) is 4.79 Å². The highest BCUT2D eigenvalue weighted by molar-refractivity contribution is 5.75. The highest BCUT2D eigenvalue weighted by Crippen LogP contribution is 2.32. The fourth-order valence-corrected chi connectivity index (χ4v) is 3.41. The van der Waals surface area contributed by atoms with Gasteiger partial charge in [0, 0.05) is 18.7 Å². The molecular weight excluding hydrogens is 340 g/mol. The number of amides is 2. The predicted molar refractivity (Wildman–Crippen MR) is 102 cm³/mol. The number of hydrogen-bond donors (Lipinski definition) is 1. The van der Waals surface area contributed by atoms with Gasteiger partial charge in [-0.25, -0.2) is 4.79 Å². The lowest BCUT2D eigenvalue weighted by Gasteiger charge is -2.22. The van der Waals surface area contributed by atoms with Crippen LogP contribution >= 0.6 is 0 Å². The maximum atomic E-state index is 12.6. The third kappa shape index (κ3) is 3.84. The molecule has 3 aromatic rings. The Kier molecular flexibility index (Phi) is 4.87. The van der Waals surface area contributed by atoms with Gasteiger partial charge in [-0.3, -0.25) is 0 Å². The molecule has 6 nitrogen and oxygen atoms in total. The molecule has 138 valence electrons. The average Bonchev–Trinajstić information content (AvgIpc) is 3.36. The first-order valence-electron chi connectivity index (χ1n) is 9.20. The van der Waals surface area contributed by atoms with Crippen LogP contribution in [0.25, 0.3) is 11.4 Å². The van der Waals surface area contributed by atoms with Crippen molar-refractivity contribution < 1.29 is 9.32 Å². The molecule has 1 fully saturated rings. The van der Waals surface area contributed by atoms with Gasteiger partial charge in [0.1, 0.15) is 6.04 Å². The van der Waals surface area contributed by atoms with Crippen molar-refractivity contribution in [2.24, 2.45) is 0 Å². The first-order chi connectivity index (χ1) is 13.2. The summed E-state index contributed by atoms with van der Waals surface area (Å²) >= 11 is 0. The lowest BCUT2D eigenvalue weighted by Crippen LogP contribution is -2.39. The maximum absolute atomic E-state index is 12.6. The van der Waals surface area contributed by atoms with Crippen molar-refractivity contribution in [3.05, 3.63) is 71.6 Å². The molecule has 0 spiro atoms. The zero-order valence-electron chi connectivity index (χ0n) is 15.3. The van der Waals surface area contributed by atoms with Crippen LogP contribution in [-0.4, -0.2) is 27.6 Å². The summed E-state index contributed by atoms with van der Waals surface area (Å²) in [6.07, 6.45) is 1.75. The molecule has 6 heteroatoms. The fraction of sp³-hybridized carbons (Fsp3) is 0.286. The lowest BCUT2D eigenvalue weighted by atomic mass is 10.1. The quantitative estimate of drug-likeness (QED) is 0.759. The molecule has 1 aromatic heterocycles. The number of likely N-dealkylation sites (tertiary alicyclic amines) is 1. The Balaban J connectivity index is 1.46. The van der Waals surface area contributed by atoms with Crippen molar-refractivity contribution in [1.29, 1.82) is 0 Å². The van der Waals surface area contributed by atoms with Crippen LogP contribution in [-0.2, 0) is 6.54 Å². The number of hydrogen-bond acceptors (Lipinski definition) is 4. The Bertz CT molecular complexity index is 923. The molecule has 1 atom stereocenters. The van der Waals surface area contributed by atoms with E-state index in [0.717, 1.165) is 29.5 Å². The molecule has 2 amide bonds. The van der Waals surface area contributed by atoms with E-state index >= 15 is 0 Å². The van der Waals surface area contributed by atoms with Gasteiger partial charge in [0.25, 0.3) is 0 Å². The topological polar surface area (TPSA) is 71.3 Å². The summed E-state index contributed by atoms with van der Waals surface area (Å²) in [7, 11) is 0. The van der Waals surface area contributed by atoms with Crippen LogP contribution in [0.2, 0.25) is 0 Å². The first kappa shape index (κ1) is 17.3. The van der Waals surface area contributed by atoms with Gasteiger partial charge in [-0.1, -0.05) is 59.3 Å². The number of carbonyl (C=O) groups is 1. The second-order valence-electron chi connectivity index (χ2n) is 6.82. The van der Waals surface area contributed by atoms with Crippen molar-refractivity contribution in [1.82, 2.24) is 20.4 Å². The molecule has 1 N–H and O–H groups in total. The lowest BCUT2D eigenvalue weighted by molar-refractivity contribution is 0.180. The molecule has 1 unspecified atom stereocenters. The molecule has 2 heterocycles. The summed E-state index contributed by atoms with van der Waals surface area (Å²) in [6, 6.07) is 17.6. The van der Waals surface area contributed by atoms with Crippen LogP contribution in [0.4, 0.5) is 4.79 Å². The SMILES string of the molecule is Cc1cccc(-c2noc(C3CCCN3C(=O)NCc3ccccc3)n2)c1. The highest BCUT2D eigenvalue weighted by Gasteiger charge is 2.34. The van der Waals surface area contributed by atoms with Gasteiger partial charge < -0.3 is 14.7 Å². The number of urea groups is 1. The van der Waals surface area contributed by atoms with E-state index in [1.807, 2.05) is 61.5 Å². The van der Waals surface area contributed by atoms with Crippen LogP contribution in [0.15, 0.2) is 59.1 Å². The van der Waals surface area contributed by atoms with Crippen LogP contribution in [0, 0.1) is 6.92 Å². The van der Waals surface area contributed by atoms with E-state index in [1.165, 1.54) is 0 Å². The standard InChI is InChI=1S/C21H22N4O2/c1-15-7-5-10-17(13-15)19-23-20(27-24-19)18-11-6-12-25(18)21(26)22-14-16-8-3-2-4-9-16/h2-5,7-10,13,18H,6,11-12,14H2,1H3,(H,22,26). The van der Waals surface area contributed by atoms with E-state index in [0.29, 0.717) is 24.8 Å². The minimum atomic E-state index is -0.174. The predicted octanol–water partition coefficient (Wildman–Crippen LogP) is 4.09. The smallest absolute Gasteiger partial charge is 0.318 e. The van der Waals surface area contributed by atoms with E-state index in [2.05, 4.69) is 15.5 Å². The highest BCUT2D eigenvalue weighted by atomic mass is 16.5. The van der Waals surface area contributed by atoms with Crippen LogP contribution in [0.3, 0.4) is 0 Å². The molecule has 27 heavy (non-hydrogen) atoms. The van der Waals surface area contributed by atoms with Crippen molar-refractivity contribution in [3.8, 4) is 11.4 Å². The van der Waals surface area contributed by atoms with E-state index < -0.39 is 0 Å². The number of aromatic nitrogens is 2. The summed E-state index contributed by atoms with van der Waals surface area (Å²) in [5.74, 6) is 1.06. The first-order valence-corrected chi connectivity index (χ1v) is 9.20. The number of nitrogens with zero attached hydrogens (tertiary/aromatic N) is 3. The molecule has 4 rings (SSSR count). The molecular formula is C21H22N4O2. The van der Waals surface area contributed by atoms with Crippen molar-refractivity contribution >= 4 is 6.03 Å². The normalized spacial score (nSPS) is 16.5. The summed E-state index contributed by atoms with van der Waals surface area (Å²) < 4.78 is 5.50. The van der Waals surface area contributed by atoms with Crippen molar-refractivity contribution in [3.63, 3.8) is 0 Å². The van der Waals surface area contributed by atoms with Crippen LogP contribution < -0.4 is 5.32 Å². The fourth-order valence-electron chi connectivity index (χ4n) is 3.41. The second kappa shape index (κ2) is 7.61. The molecule has 1 aliphatic heterocycles. The summed E-state index contributed by atoms with van der Waals surface area (Å²) in [4.78, 5) is 19.0. The van der Waals surface area contributed by atoms with Gasteiger partial charge in [-0.15, -0.1) is 0 Å². The molecule has 0 aliphatic carbocycles. The van der Waals surface area contributed by atoms with Gasteiger partial charge >= 0.3 is 6.03 Å². The number of rotatable bonds is 4. The Morgan fingerprint density at radius 3 is 2.89 bits per heavy atom. The zero-order valence-corrected chi connectivity index (χ0v) is 15.3. The maximum Gasteiger partial charge on any atom is 0.318 e. The molecule has 0 saturated carbocycles. The summed E-state index contributed by atoms with van der Waals surface area (Å²) in [5.41, 5.74) is 3.13. The van der Waals surface area contributed by atoms with E-state index in [-0.39, 0.29) is 12.1 Å². The zero-order chi connectivity index (χ0) is 18.6. The van der Waals surface area contributed by atoms with Gasteiger partial charge in [-0.05, 0) is 31.4 Å². The number of benzene rings is 2. The number of nitrogens with one attached hydrogen (secondary N) is 1. The third-order valence-electron chi connectivity index (χ3n) is 4.80. The van der Waals surface area contributed by atoms with Crippen molar-refractivity contribution in [2.45, 2.75) is 32.4 Å². The molecule has 0 bridgehead atoms. The minimum Gasteiger partial charge on any atom is -0.337 e. The van der Waals surface area contributed by atoms with E-state index in [1.54, 1.807) is 4.90 Å². The van der Waals surface area contributed by atoms with Gasteiger partial charge in [0.15, 0.2) is 0 Å². The van der Waals surface area contributed by atoms with Gasteiger partial charge in [-0.2, -0.15) is 4.98 Å².